The number of ether oxygens (including phenoxy) is 1. The second-order valence-corrected chi connectivity index (χ2v) is 6.77. The van der Waals surface area contributed by atoms with E-state index in [1.54, 1.807) is 26.0 Å². The van der Waals surface area contributed by atoms with Gasteiger partial charge in [0.25, 0.3) is 5.91 Å². The van der Waals surface area contributed by atoms with Crippen molar-refractivity contribution < 1.29 is 19.4 Å². The normalized spacial score (nSPS) is 15.0. The second-order valence-electron chi connectivity index (χ2n) is 5.85. The highest BCUT2D eigenvalue weighted by atomic mass is 79.9. The summed E-state index contributed by atoms with van der Waals surface area (Å²) in [5.41, 5.74) is -0.822. The second kappa shape index (κ2) is 7.63. The highest BCUT2D eigenvalue weighted by molar-refractivity contribution is 9.10. The number of hydrogen-bond donors (Lipinski definition) is 2. The van der Waals surface area contributed by atoms with Crippen molar-refractivity contribution in [1.29, 1.82) is 0 Å². The molecule has 1 rings (SSSR count). The minimum Gasteiger partial charge on any atom is -0.481 e. The van der Waals surface area contributed by atoms with Gasteiger partial charge in [-0.2, -0.15) is 0 Å². The van der Waals surface area contributed by atoms with Gasteiger partial charge >= 0.3 is 5.97 Å². The van der Waals surface area contributed by atoms with Crippen molar-refractivity contribution in [2.75, 3.05) is 0 Å². The number of aliphatic carboxylic acids is 1. The monoisotopic (exact) mass is 371 g/mol. The Morgan fingerprint density at radius 1 is 1.36 bits per heavy atom. The van der Waals surface area contributed by atoms with E-state index in [1.165, 1.54) is 0 Å². The van der Waals surface area contributed by atoms with Crippen LogP contribution in [0.4, 0.5) is 0 Å². The minimum atomic E-state index is -0.947. The van der Waals surface area contributed by atoms with Gasteiger partial charge in [0.05, 0.1) is 12.0 Å². The molecule has 0 saturated carbocycles. The van der Waals surface area contributed by atoms with E-state index < -0.39 is 17.6 Å². The standard InChI is InChI=1S/C16H22BrNO4/c1-10(2)16(4,9-14(19)20)18-15(21)11(3)22-13-7-5-6-12(17)8-13/h5-8,10-11H,9H2,1-4H3,(H,18,21)(H,19,20). The number of amides is 1. The van der Waals surface area contributed by atoms with Crippen LogP contribution in [-0.2, 0) is 9.59 Å². The number of carbonyl (C=O) groups is 2. The molecule has 5 nitrogen and oxygen atoms in total. The molecule has 1 aromatic rings. The maximum absolute atomic E-state index is 12.3. The predicted molar refractivity (Wildman–Crippen MR) is 87.9 cm³/mol. The largest absolute Gasteiger partial charge is 0.481 e. The van der Waals surface area contributed by atoms with Gasteiger partial charge in [-0.1, -0.05) is 35.8 Å². The van der Waals surface area contributed by atoms with Crippen LogP contribution < -0.4 is 10.1 Å². The number of carboxylic acids is 1. The molecule has 1 aromatic carbocycles. The summed E-state index contributed by atoms with van der Waals surface area (Å²) in [6, 6.07) is 7.20. The third-order valence-electron chi connectivity index (χ3n) is 3.68. The number of halogens is 1. The van der Waals surface area contributed by atoms with Gasteiger partial charge in [0.15, 0.2) is 6.10 Å². The van der Waals surface area contributed by atoms with Crippen LogP contribution >= 0.6 is 15.9 Å². The van der Waals surface area contributed by atoms with Gasteiger partial charge in [0.2, 0.25) is 0 Å². The molecule has 0 saturated heterocycles. The molecule has 0 spiro atoms. The lowest BCUT2D eigenvalue weighted by atomic mass is 9.85. The van der Waals surface area contributed by atoms with Gasteiger partial charge in [-0.3, -0.25) is 9.59 Å². The van der Waals surface area contributed by atoms with E-state index >= 15 is 0 Å². The summed E-state index contributed by atoms with van der Waals surface area (Å²) in [6.45, 7) is 7.12. The Labute approximate surface area is 139 Å². The highest BCUT2D eigenvalue weighted by Crippen LogP contribution is 2.22. The first-order chi connectivity index (χ1) is 10.1. The molecule has 0 bridgehead atoms. The number of hydrogen-bond acceptors (Lipinski definition) is 3. The average Bonchev–Trinajstić information content (AvgIpc) is 2.37. The third kappa shape index (κ3) is 5.33. The fraction of sp³-hybridized carbons (Fsp3) is 0.500. The van der Waals surface area contributed by atoms with Crippen LogP contribution in [0.25, 0.3) is 0 Å². The molecular formula is C16H22BrNO4. The zero-order valence-corrected chi connectivity index (χ0v) is 14.8. The third-order valence-corrected chi connectivity index (χ3v) is 4.17. The molecule has 2 atom stereocenters. The van der Waals surface area contributed by atoms with Crippen LogP contribution in [0.2, 0.25) is 0 Å². The summed E-state index contributed by atoms with van der Waals surface area (Å²) >= 11 is 3.34. The van der Waals surface area contributed by atoms with Gasteiger partial charge in [0.1, 0.15) is 5.75 Å². The molecule has 0 heterocycles. The zero-order valence-electron chi connectivity index (χ0n) is 13.2. The van der Waals surface area contributed by atoms with Gasteiger partial charge < -0.3 is 15.2 Å². The van der Waals surface area contributed by atoms with Crippen molar-refractivity contribution in [1.82, 2.24) is 5.32 Å². The van der Waals surface area contributed by atoms with E-state index in [4.69, 9.17) is 9.84 Å². The van der Waals surface area contributed by atoms with E-state index in [9.17, 15) is 9.59 Å². The Balaban J connectivity index is 2.75. The number of nitrogens with one attached hydrogen (secondary N) is 1. The summed E-state index contributed by atoms with van der Waals surface area (Å²) in [4.78, 5) is 23.3. The molecule has 0 aromatic heterocycles. The van der Waals surface area contributed by atoms with Crippen molar-refractivity contribution in [3.05, 3.63) is 28.7 Å². The smallest absolute Gasteiger partial charge is 0.305 e. The van der Waals surface area contributed by atoms with Crippen LogP contribution in [0, 0.1) is 5.92 Å². The quantitative estimate of drug-likeness (QED) is 0.771. The van der Waals surface area contributed by atoms with Crippen LogP contribution in [-0.4, -0.2) is 28.6 Å². The minimum absolute atomic E-state index is 0.0226. The molecule has 0 aliphatic heterocycles. The average molecular weight is 372 g/mol. The molecule has 122 valence electrons. The Bertz CT molecular complexity index is 547. The lowest BCUT2D eigenvalue weighted by Crippen LogP contribution is -2.54. The fourth-order valence-corrected chi connectivity index (χ4v) is 2.27. The number of benzene rings is 1. The summed E-state index contributed by atoms with van der Waals surface area (Å²) in [5, 5.41) is 11.8. The molecule has 1 amide bonds. The molecule has 2 unspecified atom stereocenters. The summed E-state index contributed by atoms with van der Waals surface area (Å²) in [5.74, 6) is -0.735. The lowest BCUT2D eigenvalue weighted by Gasteiger charge is -2.34. The van der Waals surface area contributed by atoms with Crippen LogP contribution in [0.1, 0.15) is 34.1 Å². The van der Waals surface area contributed by atoms with Crippen molar-refractivity contribution in [3.8, 4) is 5.75 Å². The van der Waals surface area contributed by atoms with E-state index in [1.807, 2.05) is 26.0 Å². The van der Waals surface area contributed by atoms with Crippen LogP contribution in [0.5, 0.6) is 5.75 Å². The molecule has 6 heteroatoms. The summed E-state index contributed by atoms with van der Waals surface area (Å²) < 4.78 is 6.46. The molecule has 22 heavy (non-hydrogen) atoms. The van der Waals surface area contributed by atoms with Gasteiger partial charge in [0, 0.05) is 4.47 Å². The topological polar surface area (TPSA) is 75.6 Å². The van der Waals surface area contributed by atoms with E-state index in [2.05, 4.69) is 21.2 Å². The number of carboxylic acid groups (broad SMARTS) is 1. The zero-order chi connectivity index (χ0) is 16.9. The van der Waals surface area contributed by atoms with Crippen LogP contribution in [0.15, 0.2) is 28.7 Å². The van der Waals surface area contributed by atoms with Crippen molar-refractivity contribution in [2.24, 2.45) is 5.92 Å². The Hall–Kier alpha value is -1.56. The first-order valence-electron chi connectivity index (χ1n) is 7.10. The van der Waals surface area contributed by atoms with Gasteiger partial charge in [-0.05, 0) is 38.0 Å². The summed E-state index contributed by atoms with van der Waals surface area (Å²) in [7, 11) is 0. The maximum atomic E-state index is 12.3. The molecular weight excluding hydrogens is 350 g/mol. The maximum Gasteiger partial charge on any atom is 0.305 e. The molecule has 0 radical (unpaired) electrons. The number of rotatable bonds is 7. The van der Waals surface area contributed by atoms with Crippen molar-refractivity contribution >= 4 is 27.8 Å². The summed E-state index contributed by atoms with van der Waals surface area (Å²) in [6.07, 6.45) is -0.860. The van der Waals surface area contributed by atoms with Crippen LogP contribution in [0.3, 0.4) is 0 Å². The fourth-order valence-electron chi connectivity index (χ4n) is 1.89. The SMILES string of the molecule is CC(Oc1cccc(Br)c1)C(=O)NC(C)(CC(=O)O)C(C)C. The molecule has 0 aliphatic carbocycles. The highest BCUT2D eigenvalue weighted by Gasteiger charge is 2.34. The molecule has 2 N–H and O–H groups in total. The lowest BCUT2D eigenvalue weighted by molar-refractivity contribution is -0.140. The van der Waals surface area contributed by atoms with E-state index in [0.29, 0.717) is 5.75 Å². The molecule has 0 aliphatic rings. The predicted octanol–water partition coefficient (Wildman–Crippen LogP) is 3.22. The van der Waals surface area contributed by atoms with Crippen molar-refractivity contribution in [2.45, 2.75) is 45.8 Å². The molecule has 0 fully saturated rings. The number of carbonyl (C=O) groups excluding carboxylic acids is 1. The first kappa shape index (κ1) is 18.5. The van der Waals surface area contributed by atoms with E-state index in [0.717, 1.165) is 4.47 Å². The Morgan fingerprint density at radius 3 is 2.50 bits per heavy atom. The first-order valence-corrected chi connectivity index (χ1v) is 7.89. The van der Waals surface area contributed by atoms with Gasteiger partial charge in [-0.15, -0.1) is 0 Å². The van der Waals surface area contributed by atoms with Gasteiger partial charge in [-0.25, -0.2) is 0 Å². The Morgan fingerprint density at radius 2 is 2.00 bits per heavy atom. The van der Waals surface area contributed by atoms with E-state index in [-0.39, 0.29) is 18.2 Å². The Kier molecular flexibility index (Phi) is 6.41. The van der Waals surface area contributed by atoms with Crippen molar-refractivity contribution in [3.63, 3.8) is 0 Å².